The van der Waals surface area contributed by atoms with Crippen molar-refractivity contribution in [2.24, 2.45) is 0 Å². The van der Waals surface area contributed by atoms with Gasteiger partial charge >= 0.3 is 5.97 Å². The average Bonchev–Trinajstić information content (AvgIpc) is 2.42. The molecule has 0 saturated carbocycles. The Balaban J connectivity index is 2.41. The van der Waals surface area contributed by atoms with Crippen LogP contribution in [0.15, 0.2) is 12.1 Å². The van der Waals surface area contributed by atoms with Gasteiger partial charge in [-0.25, -0.2) is 4.79 Å². The molecule has 1 aromatic carbocycles. The zero-order chi connectivity index (χ0) is 14.7. The predicted octanol–water partition coefficient (Wildman–Crippen LogP) is 3.11. The van der Waals surface area contributed by atoms with Gasteiger partial charge < -0.3 is 9.84 Å². The SMILES string of the molecule is CCCN1CCc2cc(C(=O)O)c(OCC)cc2C1C. The molecule has 0 aliphatic carbocycles. The molecule has 110 valence electrons. The van der Waals surface area contributed by atoms with Gasteiger partial charge in [-0.2, -0.15) is 0 Å². The van der Waals surface area contributed by atoms with Gasteiger partial charge in [0.1, 0.15) is 11.3 Å². The van der Waals surface area contributed by atoms with Crippen molar-refractivity contribution in [1.82, 2.24) is 4.90 Å². The molecule has 4 heteroatoms. The lowest BCUT2D eigenvalue weighted by molar-refractivity contribution is 0.0692. The molecule has 0 bridgehead atoms. The van der Waals surface area contributed by atoms with Crippen molar-refractivity contribution in [3.63, 3.8) is 0 Å². The summed E-state index contributed by atoms with van der Waals surface area (Å²) in [6.07, 6.45) is 2.04. The van der Waals surface area contributed by atoms with Gasteiger partial charge in [-0.1, -0.05) is 6.92 Å². The summed E-state index contributed by atoms with van der Waals surface area (Å²) in [5.74, 6) is -0.427. The monoisotopic (exact) mass is 277 g/mol. The quantitative estimate of drug-likeness (QED) is 0.898. The van der Waals surface area contributed by atoms with Gasteiger partial charge in [0.2, 0.25) is 0 Å². The minimum absolute atomic E-state index is 0.279. The Morgan fingerprint density at radius 1 is 1.45 bits per heavy atom. The molecular weight excluding hydrogens is 254 g/mol. The van der Waals surface area contributed by atoms with E-state index in [1.165, 1.54) is 5.56 Å². The van der Waals surface area contributed by atoms with Gasteiger partial charge in [0.15, 0.2) is 0 Å². The second-order valence-electron chi connectivity index (χ2n) is 5.25. The summed E-state index contributed by atoms with van der Waals surface area (Å²) in [5, 5.41) is 9.31. The highest BCUT2D eigenvalue weighted by Crippen LogP contribution is 2.34. The Labute approximate surface area is 120 Å². The van der Waals surface area contributed by atoms with Gasteiger partial charge in [-0.3, -0.25) is 4.90 Å². The number of carbonyl (C=O) groups is 1. The number of nitrogens with zero attached hydrogens (tertiary/aromatic N) is 1. The Morgan fingerprint density at radius 2 is 2.20 bits per heavy atom. The maximum absolute atomic E-state index is 11.3. The lowest BCUT2D eigenvalue weighted by Gasteiger charge is -2.35. The van der Waals surface area contributed by atoms with E-state index in [4.69, 9.17) is 4.74 Å². The highest BCUT2D eigenvalue weighted by molar-refractivity contribution is 5.91. The van der Waals surface area contributed by atoms with Crippen molar-refractivity contribution < 1.29 is 14.6 Å². The van der Waals surface area contributed by atoms with Gasteiger partial charge in [-0.05, 0) is 56.5 Å². The molecule has 0 aromatic heterocycles. The van der Waals surface area contributed by atoms with Crippen molar-refractivity contribution >= 4 is 5.97 Å². The van der Waals surface area contributed by atoms with Crippen molar-refractivity contribution in [2.75, 3.05) is 19.7 Å². The van der Waals surface area contributed by atoms with Crippen LogP contribution in [0.2, 0.25) is 0 Å². The van der Waals surface area contributed by atoms with E-state index in [-0.39, 0.29) is 5.56 Å². The number of carboxylic acids is 1. The van der Waals surface area contributed by atoms with Crippen LogP contribution in [0.3, 0.4) is 0 Å². The number of hydrogen-bond donors (Lipinski definition) is 1. The molecule has 1 unspecified atom stereocenters. The van der Waals surface area contributed by atoms with Gasteiger partial charge in [0.25, 0.3) is 0 Å². The second-order valence-corrected chi connectivity index (χ2v) is 5.25. The van der Waals surface area contributed by atoms with Crippen LogP contribution in [-0.4, -0.2) is 35.7 Å². The molecule has 4 nitrogen and oxygen atoms in total. The molecule has 0 spiro atoms. The van der Waals surface area contributed by atoms with Gasteiger partial charge in [0.05, 0.1) is 6.61 Å². The molecule has 1 aliphatic rings. The largest absolute Gasteiger partial charge is 0.493 e. The molecule has 2 rings (SSSR count). The summed E-state index contributed by atoms with van der Waals surface area (Å²) in [6.45, 7) is 8.79. The maximum Gasteiger partial charge on any atom is 0.339 e. The molecular formula is C16H23NO3. The molecule has 0 amide bonds. The van der Waals surface area contributed by atoms with E-state index >= 15 is 0 Å². The second kappa shape index (κ2) is 6.27. The fourth-order valence-corrected chi connectivity index (χ4v) is 2.93. The van der Waals surface area contributed by atoms with Crippen LogP contribution in [0.5, 0.6) is 5.75 Å². The number of fused-ring (bicyclic) bond motifs is 1. The van der Waals surface area contributed by atoms with E-state index in [1.54, 1.807) is 6.07 Å². The van der Waals surface area contributed by atoms with E-state index in [1.807, 2.05) is 13.0 Å². The van der Waals surface area contributed by atoms with Crippen LogP contribution in [0.25, 0.3) is 0 Å². The fraction of sp³-hybridized carbons (Fsp3) is 0.562. The van der Waals surface area contributed by atoms with Crippen LogP contribution in [0.4, 0.5) is 0 Å². The summed E-state index contributed by atoms with van der Waals surface area (Å²) in [4.78, 5) is 13.8. The Kier molecular flexibility index (Phi) is 4.65. The smallest absolute Gasteiger partial charge is 0.339 e. The summed E-state index contributed by atoms with van der Waals surface area (Å²) < 4.78 is 5.51. The van der Waals surface area contributed by atoms with Crippen LogP contribution in [-0.2, 0) is 6.42 Å². The summed E-state index contributed by atoms with van der Waals surface area (Å²) in [6, 6.07) is 4.04. The number of ether oxygens (including phenoxy) is 1. The predicted molar refractivity (Wildman–Crippen MR) is 78.6 cm³/mol. The first-order valence-electron chi connectivity index (χ1n) is 7.35. The molecule has 1 N–H and O–H groups in total. The third-order valence-corrected chi connectivity index (χ3v) is 3.95. The van der Waals surface area contributed by atoms with Crippen LogP contribution < -0.4 is 4.74 Å². The lowest BCUT2D eigenvalue weighted by Crippen LogP contribution is -2.34. The van der Waals surface area contributed by atoms with Crippen molar-refractivity contribution in [2.45, 2.75) is 39.7 Å². The Morgan fingerprint density at radius 3 is 2.80 bits per heavy atom. The molecule has 20 heavy (non-hydrogen) atoms. The molecule has 0 fully saturated rings. The maximum atomic E-state index is 11.3. The number of benzene rings is 1. The molecule has 1 atom stereocenters. The third kappa shape index (κ3) is 2.80. The summed E-state index contributed by atoms with van der Waals surface area (Å²) in [7, 11) is 0. The van der Waals surface area contributed by atoms with E-state index in [9.17, 15) is 9.90 Å². The number of rotatable bonds is 5. The fourth-order valence-electron chi connectivity index (χ4n) is 2.93. The standard InChI is InChI=1S/C16H23NO3/c1-4-7-17-8-6-12-9-14(16(18)19)15(20-5-2)10-13(12)11(17)3/h9-11H,4-8H2,1-3H3,(H,18,19). The van der Waals surface area contributed by atoms with E-state index in [0.29, 0.717) is 18.4 Å². The Hall–Kier alpha value is -1.55. The van der Waals surface area contributed by atoms with E-state index in [0.717, 1.165) is 31.5 Å². The first kappa shape index (κ1) is 14.9. The minimum atomic E-state index is -0.917. The average molecular weight is 277 g/mol. The lowest BCUT2D eigenvalue weighted by atomic mass is 9.91. The zero-order valence-corrected chi connectivity index (χ0v) is 12.5. The first-order valence-corrected chi connectivity index (χ1v) is 7.35. The molecule has 1 heterocycles. The zero-order valence-electron chi connectivity index (χ0n) is 12.5. The topological polar surface area (TPSA) is 49.8 Å². The number of aromatic carboxylic acids is 1. The first-order chi connectivity index (χ1) is 9.58. The van der Waals surface area contributed by atoms with Crippen LogP contribution >= 0.6 is 0 Å². The number of hydrogen-bond acceptors (Lipinski definition) is 3. The van der Waals surface area contributed by atoms with E-state index < -0.39 is 5.97 Å². The summed E-state index contributed by atoms with van der Waals surface area (Å²) >= 11 is 0. The molecule has 0 saturated heterocycles. The molecule has 1 aliphatic heterocycles. The van der Waals surface area contributed by atoms with Crippen molar-refractivity contribution in [3.05, 3.63) is 28.8 Å². The summed E-state index contributed by atoms with van der Waals surface area (Å²) in [5.41, 5.74) is 2.63. The Bertz CT molecular complexity index is 499. The molecule has 1 aromatic rings. The van der Waals surface area contributed by atoms with Crippen LogP contribution in [0, 0.1) is 0 Å². The van der Waals surface area contributed by atoms with Gasteiger partial charge in [0, 0.05) is 12.6 Å². The highest BCUT2D eigenvalue weighted by Gasteiger charge is 2.26. The third-order valence-electron chi connectivity index (χ3n) is 3.95. The normalized spacial score (nSPS) is 18.6. The molecule has 0 radical (unpaired) electrons. The van der Waals surface area contributed by atoms with Gasteiger partial charge in [-0.15, -0.1) is 0 Å². The van der Waals surface area contributed by atoms with E-state index in [2.05, 4.69) is 18.7 Å². The highest BCUT2D eigenvalue weighted by atomic mass is 16.5. The van der Waals surface area contributed by atoms with Crippen molar-refractivity contribution in [1.29, 1.82) is 0 Å². The van der Waals surface area contributed by atoms with Crippen LogP contribution in [0.1, 0.15) is 54.7 Å². The van der Waals surface area contributed by atoms with Crippen molar-refractivity contribution in [3.8, 4) is 5.75 Å². The number of carboxylic acid groups (broad SMARTS) is 1. The minimum Gasteiger partial charge on any atom is -0.493 e.